The molecule has 5 heteroatoms. The highest BCUT2D eigenvalue weighted by Crippen LogP contribution is 2.23. The number of halogens is 1. The predicted octanol–water partition coefficient (Wildman–Crippen LogP) is 3.33. The molecular formula is C15H15ClN2OS. The summed E-state index contributed by atoms with van der Waals surface area (Å²) in [6, 6.07) is 14.9. The van der Waals surface area contributed by atoms with E-state index in [1.54, 1.807) is 0 Å². The van der Waals surface area contributed by atoms with Crippen molar-refractivity contribution < 1.29 is 4.79 Å². The molecule has 0 radical (unpaired) electrons. The SMILES string of the molecule is Nc1ccccc1SCC(=O)NCc1ccc(Cl)cc1. The molecule has 3 nitrogen and oxygen atoms in total. The Kier molecular flexibility index (Phi) is 5.32. The summed E-state index contributed by atoms with van der Waals surface area (Å²) in [7, 11) is 0. The predicted molar refractivity (Wildman–Crippen MR) is 84.9 cm³/mol. The van der Waals surface area contributed by atoms with Crippen LogP contribution in [0.25, 0.3) is 0 Å². The van der Waals surface area contributed by atoms with Crippen LogP contribution in [0.2, 0.25) is 5.02 Å². The van der Waals surface area contributed by atoms with Gasteiger partial charge in [-0.3, -0.25) is 4.79 Å². The van der Waals surface area contributed by atoms with E-state index >= 15 is 0 Å². The molecule has 2 aromatic rings. The van der Waals surface area contributed by atoms with E-state index < -0.39 is 0 Å². The fraction of sp³-hybridized carbons (Fsp3) is 0.133. The Morgan fingerprint density at radius 1 is 1.15 bits per heavy atom. The number of carbonyl (C=O) groups is 1. The van der Waals surface area contributed by atoms with Crippen LogP contribution in [0.3, 0.4) is 0 Å². The topological polar surface area (TPSA) is 55.1 Å². The van der Waals surface area contributed by atoms with Crippen LogP contribution in [0.1, 0.15) is 5.56 Å². The highest BCUT2D eigenvalue weighted by atomic mass is 35.5. The Morgan fingerprint density at radius 3 is 2.55 bits per heavy atom. The third-order valence-electron chi connectivity index (χ3n) is 2.68. The molecule has 0 fully saturated rings. The van der Waals surface area contributed by atoms with E-state index in [9.17, 15) is 4.79 Å². The zero-order valence-electron chi connectivity index (χ0n) is 10.8. The molecule has 0 saturated carbocycles. The maximum Gasteiger partial charge on any atom is 0.230 e. The van der Waals surface area contributed by atoms with Crippen LogP contribution in [0.5, 0.6) is 0 Å². The second kappa shape index (κ2) is 7.22. The second-order valence-corrected chi connectivity index (χ2v) is 5.68. The molecule has 0 atom stereocenters. The number of hydrogen-bond donors (Lipinski definition) is 2. The third kappa shape index (κ3) is 4.47. The summed E-state index contributed by atoms with van der Waals surface area (Å²) in [4.78, 5) is 12.7. The Labute approximate surface area is 127 Å². The minimum atomic E-state index is -0.0202. The lowest BCUT2D eigenvalue weighted by molar-refractivity contribution is -0.118. The molecule has 1 amide bonds. The summed E-state index contributed by atoms with van der Waals surface area (Å²) in [6.07, 6.45) is 0. The van der Waals surface area contributed by atoms with Crippen molar-refractivity contribution in [3.8, 4) is 0 Å². The van der Waals surface area contributed by atoms with Gasteiger partial charge >= 0.3 is 0 Å². The summed E-state index contributed by atoms with van der Waals surface area (Å²) >= 11 is 7.24. The molecular weight excluding hydrogens is 292 g/mol. The zero-order chi connectivity index (χ0) is 14.4. The standard InChI is InChI=1S/C15H15ClN2OS/c16-12-7-5-11(6-8-12)9-18-15(19)10-20-14-4-2-1-3-13(14)17/h1-8H,9-10,17H2,(H,18,19). The smallest absolute Gasteiger partial charge is 0.230 e. The number of benzene rings is 2. The fourth-order valence-corrected chi connectivity index (χ4v) is 2.53. The number of amides is 1. The minimum absolute atomic E-state index is 0.0202. The van der Waals surface area contributed by atoms with Crippen LogP contribution in [0.4, 0.5) is 5.69 Å². The van der Waals surface area contributed by atoms with Crippen molar-refractivity contribution in [1.29, 1.82) is 0 Å². The van der Waals surface area contributed by atoms with Gasteiger partial charge in [-0.25, -0.2) is 0 Å². The number of nitrogens with one attached hydrogen (secondary N) is 1. The highest BCUT2D eigenvalue weighted by Gasteiger charge is 2.04. The number of hydrogen-bond acceptors (Lipinski definition) is 3. The van der Waals surface area contributed by atoms with Crippen LogP contribution in [0.15, 0.2) is 53.4 Å². The van der Waals surface area contributed by atoms with Crippen LogP contribution < -0.4 is 11.1 Å². The summed E-state index contributed by atoms with van der Waals surface area (Å²) in [5.41, 5.74) is 7.54. The highest BCUT2D eigenvalue weighted by molar-refractivity contribution is 8.00. The van der Waals surface area contributed by atoms with Crippen LogP contribution in [0, 0.1) is 0 Å². The quantitative estimate of drug-likeness (QED) is 0.658. The minimum Gasteiger partial charge on any atom is -0.398 e. The molecule has 0 unspecified atom stereocenters. The van der Waals surface area contributed by atoms with E-state index in [2.05, 4.69) is 5.32 Å². The molecule has 0 aromatic heterocycles. The molecule has 20 heavy (non-hydrogen) atoms. The summed E-state index contributed by atoms with van der Waals surface area (Å²) < 4.78 is 0. The molecule has 2 aromatic carbocycles. The first kappa shape index (κ1) is 14.8. The normalized spacial score (nSPS) is 10.2. The first-order valence-electron chi connectivity index (χ1n) is 6.13. The molecule has 2 rings (SSSR count). The van der Waals surface area contributed by atoms with Crippen molar-refractivity contribution >= 4 is 35.0 Å². The second-order valence-electron chi connectivity index (χ2n) is 4.23. The maximum absolute atomic E-state index is 11.8. The molecule has 3 N–H and O–H groups in total. The van der Waals surface area contributed by atoms with Crippen molar-refractivity contribution in [2.75, 3.05) is 11.5 Å². The van der Waals surface area contributed by atoms with Crippen molar-refractivity contribution in [3.63, 3.8) is 0 Å². The Hall–Kier alpha value is -1.65. The van der Waals surface area contributed by atoms with Gasteiger partial charge in [0.2, 0.25) is 5.91 Å². The summed E-state index contributed by atoms with van der Waals surface area (Å²) in [6.45, 7) is 0.501. The van der Waals surface area contributed by atoms with E-state index in [4.69, 9.17) is 17.3 Å². The van der Waals surface area contributed by atoms with E-state index in [1.165, 1.54) is 11.8 Å². The number of thioether (sulfide) groups is 1. The molecule has 0 heterocycles. The largest absolute Gasteiger partial charge is 0.398 e. The number of para-hydroxylation sites is 1. The van der Waals surface area contributed by atoms with Crippen molar-refractivity contribution in [3.05, 3.63) is 59.1 Å². The Bertz CT molecular complexity index is 587. The number of carbonyl (C=O) groups excluding carboxylic acids is 1. The van der Waals surface area contributed by atoms with Crippen LogP contribution in [-0.2, 0) is 11.3 Å². The number of nitrogen functional groups attached to an aromatic ring is 1. The van der Waals surface area contributed by atoms with Crippen molar-refractivity contribution in [2.24, 2.45) is 0 Å². The molecule has 0 spiro atoms. The van der Waals surface area contributed by atoms with E-state index in [1.807, 2.05) is 48.5 Å². The third-order valence-corrected chi connectivity index (χ3v) is 4.02. The van der Waals surface area contributed by atoms with Crippen molar-refractivity contribution in [2.45, 2.75) is 11.4 Å². The summed E-state index contributed by atoms with van der Waals surface area (Å²) in [5, 5.41) is 3.55. The van der Waals surface area contributed by atoms with Crippen LogP contribution in [-0.4, -0.2) is 11.7 Å². The lowest BCUT2D eigenvalue weighted by Gasteiger charge is -2.07. The molecule has 0 bridgehead atoms. The van der Waals surface area contributed by atoms with E-state index in [0.29, 0.717) is 23.0 Å². The lowest BCUT2D eigenvalue weighted by atomic mass is 10.2. The number of nitrogens with two attached hydrogens (primary N) is 1. The average Bonchev–Trinajstić information content (AvgIpc) is 2.46. The Balaban J connectivity index is 1.78. The van der Waals surface area contributed by atoms with E-state index in [0.717, 1.165) is 10.5 Å². The van der Waals surface area contributed by atoms with Gasteiger partial charge in [0.25, 0.3) is 0 Å². The fourth-order valence-electron chi connectivity index (χ4n) is 1.61. The average molecular weight is 307 g/mol. The summed E-state index contributed by atoms with van der Waals surface area (Å²) in [5.74, 6) is 0.329. The molecule has 0 saturated heterocycles. The lowest BCUT2D eigenvalue weighted by Crippen LogP contribution is -2.24. The van der Waals surface area contributed by atoms with Gasteiger partial charge < -0.3 is 11.1 Å². The molecule has 0 aliphatic rings. The van der Waals surface area contributed by atoms with E-state index in [-0.39, 0.29) is 5.91 Å². The monoisotopic (exact) mass is 306 g/mol. The van der Waals surface area contributed by atoms with Gasteiger partial charge in [0.15, 0.2) is 0 Å². The van der Waals surface area contributed by atoms with Gasteiger partial charge in [-0.2, -0.15) is 0 Å². The maximum atomic E-state index is 11.8. The Morgan fingerprint density at radius 2 is 1.85 bits per heavy atom. The molecule has 0 aliphatic carbocycles. The number of rotatable bonds is 5. The molecule has 104 valence electrons. The van der Waals surface area contributed by atoms with Gasteiger partial charge in [0.1, 0.15) is 0 Å². The van der Waals surface area contributed by atoms with Gasteiger partial charge in [0.05, 0.1) is 5.75 Å². The van der Waals surface area contributed by atoms with Gasteiger partial charge in [-0.05, 0) is 29.8 Å². The molecule has 0 aliphatic heterocycles. The first-order chi connectivity index (χ1) is 9.65. The van der Waals surface area contributed by atoms with Gasteiger partial charge in [0, 0.05) is 22.2 Å². The van der Waals surface area contributed by atoms with Crippen LogP contribution >= 0.6 is 23.4 Å². The van der Waals surface area contributed by atoms with Gasteiger partial charge in [-0.1, -0.05) is 35.9 Å². The zero-order valence-corrected chi connectivity index (χ0v) is 12.4. The van der Waals surface area contributed by atoms with Gasteiger partial charge in [-0.15, -0.1) is 11.8 Å². The van der Waals surface area contributed by atoms with Crippen molar-refractivity contribution in [1.82, 2.24) is 5.32 Å². The first-order valence-corrected chi connectivity index (χ1v) is 7.50. The number of anilines is 1.